The number of hydrogen-bond acceptors (Lipinski definition) is 1. The van der Waals surface area contributed by atoms with Crippen LogP contribution >= 0.6 is 0 Å². The predicted octanol–water partition coefficient (Wildman–Crippen LogP) is 4.06. The first kappa shape index (κ1) is 13.7. The number of aryl methyl sites for hydroxylation is 2. The van der Waals surface area contributed by atoms with E-state index in [1.165, 1.54) is 51.5 Å². The van der Waals surface area contributed by atoms with Gasteiger partial charge < -0.3 is 9.88 Å². The largest absolute Gasteiger partial charge is 0.354 e. The molecule has 0 amide bonds. The van der Waals surface area contributed by atoms with Gasteiger partial charge in [-0.3, -0.25) is 0 Å². The van der Waals surface area contributed by atoms with E-state index in [-0.39, 0.29) is 0 Å². The molecular formula is C16H28N2. The minimum atomic E-state index is 0.602. The van der Waals surface area contributed by atoms with Crippen LogP contribution in [0.25, 0.3) is 0 Å². The van der Waals surface area contributed by atoms with Crippen molar-refractivity contribution >= 4 is 0 Å². The molecule has 1 aliphatic rings. The predicted molar refractivity (Wildman–Crippen MR) is 77.9 cm³/mol. The Morgan fingerprint density at radius 1 is 1.22 bits per heavy atom. The van der Waals surface area contributed by atoms with Crippen molar-refractivity contribution in [2.24, 2.45) is 0 Å². The van der Waals surface area contributed by atoms with E-state index in [1.54, 1.807) is 11.1 Å². The van der Waals surface area contributed by atoms with Crippen molar-refractivity contribution in [1.82, 2.24) is 9.88 Å². The quantitative estimate of drug-likeness (QED) is 0.751. The molecule has 1 aromatic heterocycles. The first-order chi connectivity index (χ1) is 8.85. The molecule has 0 fully saturated rings. The maximum atomic E-state index is 3.72. The average molecular weight is 248 g/mol. The Morgan fingerprint density at radius 3 is 2.89 bits per heavy atom. The number of fused-ring (bicyclic) bond motifs is 1. The van der Waals surface area contributed by atoms with Crippen LogP contribution in [0.5, 0.6) is 0 Å². The van der Waals surface area contributed by atoms with Crippen LogP contribution < -0.4 is 5.32 Å². The zero-order chi connectivity index (χ0) is 12.8. The number of nitrogens with zero attached hydrogens (tertiary/aromatic N) is 1. The van der Waals surface area contributed by atoms with Crippen LogP contribution in [0.4, 0.5) is 0 Å². The van der Waals surface area contributed by atoms with Gasteiger partial charge in [-0.1, -0.05) is 26.7 Å². The van der Waals surface area contributed by atoms with E-state index < -0.39 is 0 Å². The van der Waals surface area contributed by atoms with Crippen LogP contribution in [0.15, 0.2) is 12.4 Å². The fourth-order valence-corrected chi connectivity index (χ4v) is 2.92. The Kier molecular flexibility index (Phi) is 5.30. The average Bonchev–Trinajstić information content (AvgIpc) is 2.70. The van der Waals surface area contributed by atoms with E-state index in [0.29, 0.717) is 6.04 Å². The topological polar surface area (TPSA) is 17.0 Å². The molecule has 18 heavy (non-hydrogen) atoms. The third kappa shape index (κ3) is 3.38. The van der Waals surface area contributed by atoms with E-state index in [0.717, 1.165) is 6.54 Å². The molecule has 0 saturated carbocycles. The lowest BCUT2D eigenvalue weighted by Gasteiger charge is -2.16. The molecule has 1 N–H and O–H groups in total. The second-order valence-corrected chi connectivity index (χ2v) is 5.58. The number of rotatable bonds is 6. The minimum absolute atomic E-state index is 0.602. The summed E-state index contributed by atoms with van der Waals surface area (Å²) in [6, 6.07) is 0.602. The van der Waals surface area contributed by atoms with Crippen LogP contribution in [0, 0.1) is 0 Å². The molecule has 1 heterocycles. The maximum Gasteiger partial charge on any atom is 0.0338 e. The summed E-state index contributed by atoms with van der Waals surface area (Å²) in [7, 11) is 0. The third-order valence-electron chi connectivity index (χ3n) is 3.97. The highest BCUT2D eigenvalue weighted by atomic mass is 15.0. The monoisotopic (exact) mass is 248 g/mol. The van der Waals surface area contributed by atoms with Crippen LogP contribution in [0.1, 0.15) is 69.5 Å². The second-order valence-electron chi connectivity index (χ2n) is 5.58. The molecule has 1 unspecified atom stereocenters. The first-order valence-corrected chi connectivity index (χ1v) is 7.77. The minimum Gasteiger partial charge on any atom is -0.354 e. The molecule has 2 nitrogen and oxygen atoms in total. The molecule has 1 aliphatic carbocycles. The lowest BCUT2D eigenvalue weighted by atomic mass is 10.0. The van der Waals surface area contributed by atoms with Gasteiger partial charge in [0.2, 0.25) is 0 Å². The Morgan fingerprint density at radius 2 is 2.11 bits per heavy atom. The molecule has 1 aromatic rings. The molecular weight excluding hydrogens is 220 g/mol. The summed E-state index contributed by atoms with van der Waals surface area (Å²) in [4.78, 5) is 0. The highest BCUT2D eigenvalue weighted by Gasteiger charge is 2.19. The molecule has 2 heteroatoms. The van der Waals surface area contributed by atoms with Gasteiger partial charge in [0.15, 0.2) is 0 Å². The summed E-state index contributed by atoms with van der Waals surface area (Å²) >= 11 is 0. The molecule has 0 radical (unpaired) electrons. The van der Waals surface area contributed by atoms with Crippen LogP contribution in [-0.4, -0.2) is 11.1 Å². The summed E-state index contributed by atoms with van der Waals surface area (Å²) < 4.78 is 2.42. The summed E-state index contributed by atoms with van der Waals surface area (Å²) in [5, 5.41) is 3.72. The normalized spacial score (nSPS) is 19.6. The summed E-state index contributed by atoms with van der Waals surface area (Å²) in [5.74, 6) is 0. The highest BCUT2D eigenvalue weighted by Crippen LogP contribution is 2.29. The van der Waals surface area contributed by atoms with E-state index in [1.807, 2.05) is 0 Å². The Hall–Kier alpha value is -0.760. The van der Waals surface area contributed by atoms with Gasteiger partial charge in [-0.15, -0.1) is 0 Å². The fourth-order valence-electron chi connectivity index (χ4n) is 2.92. The van der Waals surface area contributed by atoms with Crippen LogP contribution in [0.3, 0.4) is 0 Å². The van der Waals surface area contributed by atoms with Gasteiger partial charge in [-0.25, -0.2) is 0 Å². The van der Waals surface area contributed by atoms with Gasteiger partial charge in [0.1, 0.15) is 0 Å². The van der Waals surface area contributed by atoms with Gasteiger partial charge in [0.05, 0.1) is 0 Å². The van der Waals surface area contributed by atoms with Gasteiger partial charge in [-0.2, -0.15) is 0 Å². The highest BCUT2D eigenvalue weighted by molar-refractivity contribution is 5.29. The van der Waals surface area contributed by atoms with Crippen molar-refractivity contribution in [3.8, 4) is 0 Å². The van der Waals surface area contributed by atoms with Gasteiger partial charge in [0.25, 0.3) is 0 Å². The number of unbranched alkanes of at least 4 members (excludes halogenated alkanes) is 1. The van der Waals surface area contributed by atoms with Crippen molar-refractivity contribution in [3.63, 3.8) is 0 Å². The van der Waals surface area contributed by atoms with Crippen LogP contribution in [0.2, 0.25) is 0 Å². The van der Waals surface area contributed by atoms with Crippen molar-refractivity contribution in [1.29, 1.82) is 0 Å². The first-order valence-electron chi connectivity index (χ1n) is 7.77. The van der Waals surface area contributed by atoms with E-state index >= 15 is 0 Å². The van der Waals surface area contributed by atoms with E-state index in [2.05, 4.69) is 36.1 Å². The summed E-state index contributed by atoms with van der Waals surface area (Å²) in [5.41, 5.74) is 3.18. The third-order valence-corrected chi connectivity index (χ3v) is 3.97. The molecule has 0 bridgehead atoms. The molecule has 0 spiro atoms. The van der Waals surface area contributed by atoms with Gasteiger partial charge in [-0.05, 0) is 49.8 Å². The molecule has 0 aliphatic heterocycles. The Labute approximate surface area is 112 Å². The molecule has 102 valence electrons. The smallest absolute Gasteiger partial charge is 0.0338 e. The lowest BCUT2D eigenvalue weighted by Crippen LogP contribution is -2.21. The van der Waals surface area contributed by atoms with E-state index in [4.69, 9.17) is 0 Å². The van der Waals surface area contributed by atoms with Crippen molar-refractivity contribution in [2.45, 2.75) is 71.4 Å². The Balaban J connectivity index is 2.09. The van der Waals surface area contributed by atoms with Gasteiger partial charge >= 0.3 is 0 Å². The fraction of sp³-hybridized carbons (Fsp3) is 0.750. The Bertz CT molecular complexity index is 354. The SMILES string of the molecule is CCCCn1cc2c(c1)C(NCCC)CCCC2. The summed E-state index contributed by atoms with van der Waals surface area (Å²) in [6.07, 6.45) is 13.9. The molecule has 1 atom stereocenters. The standard InChI is InChI=1S/C16H28N2/c1-3-5-11-18-12-14-8-6-7-9-16(15(14)13-18)17-10-4-2/h12-13,16-17H,3-11H2,1-2H3. The van der Waals surface area contributed by atoms with Crippen molar-refractivity contribution in [2.75, 3.05) is 6.54 Å². The zero-order valence-electron chi connectivity index (χ0n) is 12.0. The summed E-state index contributed by atoms with van der Waals surface area (Å²) in [6.45, 7) is 6.84. The van der Waals surface area contributed by atoms with Crippen molar-refractivity contribution < 1.29 is 0 Å². The zero-order valence-corrected chi connectivity index (χ0v) is 12.0. The van der Waals surface area contributed by atoms with E-state index in [9.17, 15) is 0 Å². The number of hydrogen-bond donors (Lipinski definition) is 1. The molecule has 0 aromatic carbocycles. The van der Waals surface area contributed by atoms with Gasteiger partial charge in [0, 0.05) is 25.0 Å². The lowest BCUT2D eigenvalue weighted by molar-refractivity contribution is 0.487. The number of aromatic nitrogens is 1. The van der Waals surface area contributed by atoms with Crippen molar-refractivity contribution in [3.05, 3.63) is 23.5 Å². The molecule has 2 rings (SSSR count). The number of nitrogens with one attached hydrogen (secondary N) is 1. The second kappa shape index (κ2) is 6.98. The van der Waals surface area contributed by atoms with Crippen LogP contribution in [-0.2, 0) is 13.0 Å². The maximum absolute atomic E-state index is 3.72. The molecule has 0 saturated heterocycles.